The van der Waals surface area contributed by atoms with Crippen molar-refractivity contribution in [1.82, 2.24) is 4.98 Å². The zero-order chi connectivity index (χ0) is 15.5. The van der Waals surface area contributed by atoms with Crippen LogP contribution in [0.3, 0.4) is 0 Å². The molecule has 7 heteroatoms. The average molecular weight is 298 g/mol. The summed E-state index contributed by atoms with van der Waals surface area (Å²) in [5.41, 5.74) is -0.297. The van der Waals surface area contributed by atoms with Crippen molar-refractivity contribution in [1.29, 1.82) is 0 Å². The number of fused-ring (bicyclic) bond motifs is 1. The maximum absolute atomic E-state index is 12.6. The van der Waals surface area contributed by atoms with Crippen molar-refractivity contribution < 1.29 is 22.3 Å². The van der Waals surface area contributed by atoms with Crippen LogP contribution in [0.2, 0.25) is 0 Å². The van der Waals surface area contributed by atoms with E-state index in [4.69, 9.17) is 9.15 Å². The van der Waals surface area contributed by atoms with Gasteiger partial charge >= 0.3 is 6.18 Å². The molecule has 0 fully saturated rings. The highest BCUT2D eigenvalue weighted by Gasteiger charge is 2.31. The molecule has 0 spiro atoms. The van der Waals surface area contributed by atoms with E-state index in [1.165, 1.54) is 19.4 Å². The van der Waals surface area contributed by atoms with E-state index < -0.39 is 11.7 Å². The van der Waals surface area contributed by atoms with Crippen LogP contribution in [0, 0.1) is 0 Å². The SMILES string of the molecule is CC=N/C=C(\Cc1nc2cc(C(F)(F)F)ccc2o1)OC. The molecule has 0 radical (unpaired) electrons. The van der Waals surface area contributed by atoms with Crippen LogP contribution in [0.1, 0.15) is 18.4 Å². The highest BCUT2D eigenvalue weighted by atomic mass is 19.4. The average Bonchev–Trinajstić information content (AvgIpc) is 2.83. The van der Waals surface area contributed by atoms with Crippen LogP contribution in [0.25, 0.3) is 11.1 Å². The van der Waals surface area contributed by atoms with Crippen molar-refractivity contribution in [3.05, 3.63) is 41.6 Å². The van der Waals surface area contributed by atoms with Crippen LogP contribution in [0.5, 0.6) is 0 Å². The molecule has 21 heavy (non-hydrogen) atoms. The van der Waals surface area contributed by atoms with Gasteiger partial charge in [0.05, 0.1) is 25.3 Å². The predicted octanol–water partition coefficient (Wildman–Crippen LogP) is 3.97. The fourth-order valence-corrected chi connectivity index (χ4v) is 1.70. The van der Waals surface area contributed by atoms with Crippen LogP contribution in [-0.2, 0) is 17.3 Å². The summed E-state index contributed by atoms with van der Waals surface area (Å²) in [4.78, 5) is 7.95. The van der Waals surface area contributed by atoms with Gasteiger partial charge in [0.2, 0.25) is 5.89 Å². The largest absolute Gasteiger partial charge is 0.499 e. The van der Waals surface area contributed by atoms with E-state index in [2.05, 4.69) is 9.98 Å². The van der Waals surface area contributed by atoms with Gasteiger partial charge in [-0.2, -0.15) is 13.2 Å². The Kier molecular flexibility index (Phi) is 4.30. The number of ether oxygens (including phenoxy) is 1. The van der Waals surface area contributed by atoms with E-state index in [0.717, 1.165) is 12.1 Å². The lowest BCUT2D eigenvalue weighted by Gasteiger charge is -2.04. The smallest absolute Gasteiger partial charge is 0.416 e. The highest BCUT2D eigenvalue weighted by Crippen LogP contribution is 2.31. The van der Waals surface area contributed by atoms with Gasteiger partial charge in [0, 0.05) is 6.21 Å². The van der Waals surface area contributed by atoms with Crippen molar-refractivity contribution in [2.45, 2.75) is 19.5 Å². The Morgan fingerprint density at radius 1 is 1.43 bits per heavy atom. The van der Waals surface area contributed by atoms with E-state index in [1.54, 1.807) is 13.1 Å². The number of hydrogen-bond acceptors (Lipinski definition) is 4. The number of aromatic nitrogens is 1. The minimum atomic E-state index is -4.40. The number of hydrogen-bond donors (Lipinski definition) is 0. The highest BCUT2D eigenvalue weighted by molar-refractivity contribution is 5.73. The first kappa shape index (κ1) is 15.1. The van der Waals surface area contributed by atoms with Crippen LogP contribution in [0.4, 0.5) is 13.2 Å². The molecule has 4 nitrogen and oxygen atoms in total. The topological polar surface area (TPSA) is 47.6 Å². The number of methoxy groups -OCH3 is 1. The van der Waals surface area contributed by atoms with Crippen molar-refractivity contribution in [3.63, 3.8) is 0 Å². The van der Waals surface area contributed by atoms with Gasteiger partial charge in [-0.15, -0.1) is 0 Å². The molecule has 112 valence electrons. The summed E-state index contributed by atoms with van der Waals surface area (Å²) in [6.07, 6.45) is -1.11. The van der Waals surface area contributed by atoms with Gasteiger partial charge in [-0.25, -0.2) is 4.98 Å². The Balaban J connectivity index is 2.31. The monoisotopic (exact) mass is 298 g/mol. The number of halogens is 3. The normalized spacial score (nSPS) is 13.3. The van der Waals surface area contributed by atoms with Crippen LogP contribution >= 0.6 is 0 Å². The Labute approximate surface area is 118 Å². The molecular weight excluding hydrogens is 285 g/mol. The summed E-state index contributed by atoms with van der Waals surface area (Å²) in [5, 5.41) is 0. The zero-order valence-corrected chi connectivity index (χ0v) is 11.4. The number of alkyl halides is 3. The number of allylic oxidation sites excluding steroid dienone is 1. The second-order valence-electron chi connectivity index (χ2n) is 4.17. The second-order valence-corrected chi connectivity index (χ2v) is 4.17. The lowest BCUT2D eigenvalue weighted by atomic mass is 10.2. The molecule has 0 aliphatic carbocycles. The van der Waals surface area contributed by atoms with E-state index >= 15 is 0 Å². The number of benzene rings is 1. The molecule has 2 rings (SSSR count). The first-order valence-electron chi connectivity index (χ1n) is 6.11. The molecule has 0 bridgehead atoms. The van der Waals surface area contributed by atoms with Crippen molar-refractivity contribution in [2.24, 2.45) is 4.99 Å². The van der Waals surface area contributed by atoms with E-state index in [0.29, 0.717) is 11.3 Å². The Morgan fingerprint density at radius 2 is 2.19 bits per heavy atom. The van der Waals surface area contributed by atoms with Crippen LogP contribution in [-0.4, -0.2) is 18.3 Å². The van der Waals surface area contributed by atoms with Crippen molar-refractivity contribution in [3.8, 4) is 0 Å². The minimum absolute atomic E-state index is 0.161. The van der Waals surface area contributed by atoms with Gasteiger partial charge in [0.1, 0.15) is 11.3 Å². The summed E-state index contributed by atoms with van der Waals surface area (Å²) in [7, 11) is 1.47. The van der Waals surface area contributed by atoms with Gasteiger partial charge in [-0.05, 0) is 25.1 Å². The van der Waals surface area contributed by atoms with E-state index in [-0.39, 0.29) is 17.8 Å². The maximum Gasteiger partial charge on any atom is 0.416 e. The lowest BCUT2D eigenvalue weighted by Crippen LogP contribution is -2.03. The van der Waals surface area contributed by atoms with E-state index in [1.807, 2.05) is 0 Å². The standard InChI is InChI=1S/C14H13F3N2O2/c1-3-18-8-10(20-2)7-13-19-11-6-9(14(15,16)17)4-5-12(11)21-13/h3-6,8H,7H2,1-2H3/b10-8+,18-3?. The van der Waals surface area contributed by atoms with Gasteiger partial charge in [0.25, 0.3) is 0 Å². The first-order valence-corrected chi connectivity index (χ1v) is 6.11. The van der Waals surface area contributed by atoms with Crippen molar-refractivity contribution >= 4 is 17.3 Å². The van der Waals surface area contributed by atoms with E-state index in [9.17, 15) is 13.2 Å². The molecule has 0 saturated heterocycles. The summed E-state index contributed by atoms with van der Waals surface area (Å²) in [6, 6.07) is 3.18. The molecule has 0 saturated carbocycles. The maximum atomic E-state index is 12.6. The Morgan fingerprint density at radius 3 is 2.81 bits per heavy atom. The molecule has 2 aromatic rings. The van der Waals surface area contributed by atoms with Crippen molar-refractivity contribution in [2.75, 3.05) is 7.11 Å². The molecule has 0 unspecified atom stereocenters. The fraction of sp³-hybridized carbons (Fsp3) is 0.286. The number of oxazole rings is 1. The first-order chi connectivity index (χ1) is 9.94. The number of aliphatic imine (C=N–C) groups is 1. The van der Waals surface area contributed by atoms with Gasteiger partial charge in [0.15, 0.2) is 5.58 Å². The Bertz CT molecular complexity index is 687. The van der Waals surface area contributed by atoms with Gasteiger partial charge < -0.3 is 9.15 Å². The summed E-state index contributed by atoms with van der Waals surface area (Å²) in [6.45, 7) is 1.75. The minimum Gasteiger partial charge on any atom is -0.499 e. The zero-order valence-electron chi connectivity index (χ0n) is 11.4. The van der Waals surface area contributed by atoms with Crippen LogP contribution in [0.15, 0.2) is 39.6 Å². The fourth-order valence-electron chi connectivity index (χ4n) is 1.70. The molecule has 1 aromatic heterocycles. The molecule has 1 heterocycles. The Hall–Kier alpha value is -2.31. The van der Waals surface area contributed by atoms with Gasteiger partial charge in [-0.3, -0.25) is 4.99 Å². The molecule has 1 aromatic carbocycles. The lowest BCUT2D eigenvalue weighted by molar-refractivity contribution is -0.137. The summed E-state index contributed by atoms with van der Waals surface area (Å²) >= 11 is 0. The third-order valence-electron chi connectivity index (χ3n) is 2.71. The second kappa shape index (κ2) is 5.99. The third-order valence-corrected chi connectivity index (χ3v) is 2.71. The molecule has 0 aliphatic heterocycles. The predicted molar refractivity (Wildman–Crippen MR) is 72.0 cm³/mol. The van der Waals surface area contributed by atoms with Crippen LogP contribution < -0.4 is 0 Å². The summed E-state index contributed by atoms with van der Waals surface area (Å²) < 4.78 is 48.4. The van der Waals surface area contributed by atoms with Gasteiger partial charge in [-0.1, -0.05) is 0 Å². The quantitative estimate of drug-likeness (QED) is 0.634. The number of nitrogens with zero attached hydrogens (tertiary/aromatic N) is 2. The molecule has 0 aliphatic rings. The molecule has 0 amide bonds. The number of rotatable bonds is 4. The summed E-state index contributed by atoms with van der Waals surface area (Å²) in [5.74, 6) is 0.763. The molecule has 0 atom stereocenters. The molecule has 0 N–H and O–H groups in total. The third kappa shape index (κ3) is 3.62. The molecular formula is C14H13F3N2O2.